The van der Waals surface area contributed by atoms with E-state index in [2.05, 4.69) is 0 Å². The van der Waals surface area contributed by atoms with E-state index < -0.39 is 11.2 Å². The molecule has 0 bridgehead atoms. The number of hydrogen-bond acceptors (Lipinski definition) is 3. The highest BCUT2D eigenvalue weighted by molar-refractivity contribution is 5.69. The van der Waals surface area contributed by atoms with Crippen LogP contribution in [0.5, 0.6) is 0 Å². The van der Waals surface area contributed by atoms with Crippen LogP contribution in [0.2, 0.25) is 0 Å². The fourth-order valence-electron chi connectivity index (χ4n) is 2.66. The van der Waals surface area contributed by atoms with Gasteiger partial charge in [0.25, 0.3) is 0 Å². The first-order valence-corrected chi connectivity index (χ1v) is 7.45. The Morgan fingerprint density at radius 1 is 1.33 bits per heavy atom. The Hall–Kier alpha value is -1.55. The molecule has 0 saturated carbocycles. The van der Waals surface area contributed by atoms with Gasteiger partial charge in [-0.1, -0.05) is 30.3 Å². The zero-order valence-electron chi connectivity index (χ0n) is 13.3. The van der Waals surface area contributed by atoms with Gasteiger partial charge in [-0.3, -0.25) is 0 Å². The molecule has 1 N–H and O–H groups in total. The Morgan fingerprint density at radius 2 is 1.95 bits per heavy atom. The van der Waals surface area contributed by atoms with Crippen molar-refractivity contribution in [3.8, 4) is 0 Å². The van der Waals surface area contributed by atoms with Gasteiger partial charge >= 0.3 is 6.09 Å². The van der Waals surface area contributed by atoms with Gasteiger partial charge in [-0.25, -0.2) is 4.79 Å². The van der Waals surface area contributed by atoms with E-state index in [9.17, 15) is 9.90 Å². The molecule has 1 saturated heterocycles. The Morgan fingerprint density at radius 3 is 2.52 bits per heavy atom. The summed E-state index contributed by atoms with van der Waals surface area (Å²) < 4.78 is 5.50. The van der Waals surface area contributed by atoms with Crippen LogP contribution in [0, 0.1) is 0 Å². The second-order valence-electron chi connectivity index (χ2n) is 7.05. The lowest BCUT2D eigenvalue weighted by molar-refractivity contribution is -0.0452. The number of carbonyl (C=O) groups excluding carboxylic acids is 1. The van der Waals surface area contributed by atoms with Crippen molar-refractivity contribution in [2.45, 2.75) is 57.8 Å². The van der Waals surface area contributed by atoms with Crippen LogP contribution in [0.15, 0.2) is 30.3 Å². The summed E-state index contributed by atoms with van der Waals surface area (Å²) in [6, 6.07) is 9.68. The summed E-state index contributed by atoms with van der Waals surface area (Å²) in [6.07, 6.45) is 0.776. The first kappa shape index (κ1) is 15.8. The van der Waals surface area contributed by atoms with Crippen LogP contribution in [0.3, 0.4) is 0 Å². The summed E-state index contributed by atoms with van der Waals surface area (Å²) in [4.78, 5) is 14.2. The molecule has 0 aliphatic carbocycles. The average molecular weight is 291 g/mol. The number of rotatable bonds is 1. The molecule has 4 heteroatoms. The maximum Gasteiger partial charge on any atom is 0.410 e. The second-order valence-corrected chi connectivity index (χ2v) is 7.05. The summed E-state index contributed by atoms with van der Waals surface area (Å²) in [6.45, 7) is 7.92. The van der Waals surface area contributed by atoms with Gasteiger partial charge in [0.1, 0.15) is 5.60 Å². The van der Waals surface area contributed by atoms with Crippen LogP contribution in [0.1, 0.15) is 52.1 Å². The molecule has 2 atom stereocenters. The first-order valence-electron chi connectivity index (χ1n) is 7.45. The molecule has 1 amide bonds. The standard InChI is InChI=1S/C17H25NO3/c1-16(2,3)21-15(19)18-11-10-17(4,20)12-14(18)13-8-6-5-7-9-13/h5-9,14,20H,10-12H2,1-4H3/t14-,17-/m1/s1. The summed E-state index contributed by atoms with van der Waals surface area (Å²) in [5, 5.41) is 10.4. The predicted molar refractivity (Wildman–Crippen MR) is 82.0 cm³/mol. The molecule has 1 aliphatic rings. The third kappa shape index (κ3) is 4.21. The molecule has 1 fully saturated rings. The molecule has 1 heterocycles. The van der Waals surface area contributed by atoms with Gasteiger partial charge in [-0.2, -0.15) is 0 Å². The Labute approximate surface area is 126 Å². The summed E-state index contributed by atoms with van der Waals surface area (Å²) in [5.74, 6) is 0. The molecule has 4 nitrogen and oxygen atoms in total. The highest BCUT2D eigenvalue weighted by atomic mass is 16.6. The lowest BCUT2D eigenvalue weighted by Gasteiger charge is -2.42. The number of aliphatic hydroxyl groups is 1. The van der Waals surface area contributed by atoms with E-state index in [1.165, 1.54) is 0 Å². The van der Waals surface area contributed by atoms with E-state index in [1.807, 2.05) is 58.0 Å². The number of benzene rings is 1. The van der Waals surface area contributed by atoms with Gasteiger partial charge in [0.2, 0.25) is 0 Å². The first-order chi connectivity index (χ1) is 9.68. The van der Waals surface area contributed by atoms with E-state index >= 15 is 0 Å². The third-order valence-electron chi connectivity index (χ3n) is 3.71. The van der Waals surface area contributed by atoms with E-state index in [4.69, 9.17) is 4.74 Å². The fraction of sp³-hybridized carbons (Fsp3) is 0.588. The van der Waals surface area contributed by atoms with Crippen molar-refractivity contribution < 1.29 is 14.6 Å². The molecule has 21 heavy (non-hydrogen) atoms. The Bertz CT molecular complexity index is 491. The van der Waals surface area contributed by atoms with Gasteiger partial charge in [0.15, 0.2) is 0 Å². The smallest absolute Gasteiger partial charge is 0.410 e. The van der Waals surface area contributed by atoms with Crippen molar-refractivity contribution in [3.05, 3.63) is 35.9 Å². The lowest BCUT2D eigenvalue weighted by Crippen LogP contribution is -2.48. The number of carbonyl (C=O) groups is 1. The molecular weight excluding hydrogens is 266 g/mol. The largest absolute Gasteiger partial charge is 0.444 e. The molecule has 1 aliphatic heterocycles. The van der Waals surface area contributed by atoms with E-state index in [0.29, 0.717) is 19.4 Å². The monoisotopic (exact) mass is 291 g/mol. The summed E-state index contributed by atoms with van der Waals surface area (Å²) >= 11 is 0. The minimum Gasteiger partial charge on any atom is -0.444 e. The molecule has 116 valence electrons. The molecule has 1 aromatic carbocycles. The summed E-state index contributed by atoms with van der Waals surface area (Å²) in [7, 11) is 0. The third-order valence-corrected chi connectivity index (χ3v) is 3.71. The number of amides is 1. The number of nitrogens with zero attached hydrogens (tertiary/aromatic N) is 1. The van der Waals surface area contributed by atoms with Crippen LogP contribution in [0.25, 0.3) is 0 Å². The number of piperidine rings is 1. The van der Waals surface area contributed by atoms with Crippen LogP contribution in [0.4, 0.5) is 4.79 Å². The van der Waals surface area contributed by atoms with Gasteiger partial charge in [-0.15, -0.1) is 0 Å². The topological polar surface area (TPSA) is 49.8 Å². The van der Waals surface area contributed by atoms with E-state index in [1.54, 1.807) is 4.90 Å². The SMILES string of the molecule is CC(C)(C)OC(=O)N1CC[C@@](C)(O)C[C@@H]1c1ccccc1. The summed E-state index contributed by atoms with van der Waals surface area (Å²) in [5.41, 5.74) is -0.236. The van der Waals surface area contributed by atoms with Crippen molar-refractivity contribution in [2.24, 2.45) is 0 Å². The van der Waals surface area contributed by atoms with Crippen molar-refractivity contribution in [2.75, 3.05) is 6.54 Å². The molecule has 0 unspecified atom stereocenters. The highest BCUT2D eigenvalue weighted by Gasteiger charge is 2.39. The van der Waals surface area contributed by atoms with Gasteiger partial charge in [0.05, 0.1) is 11.6 Å². The number of ether oxygens (including phenoxy) is 1. The molecule has 0 aromatic heterocycles. The van der Waals surface area contributed by atoms with Crippen LogP contribution >= 0.6 is 0 Å². The Kier molecular flexibility index (Phi) is 4.28. The predicted octanol–water partition coefficient (Wildman–Crippen LogP) is 3.51. The molecule has 0 spiro atoms. The molecular formula is C17H25NO3. The lowest BCUT2D eigenvalue weighted by atomic mass is 9.85. The van der Waals surface area contributed by atoms with Gasteiger partial charge in [0, 0.05) is 13.0 Å². The molecule has 1 aromatic rings. The second kappa shape index (κ2) is 5.68. The zero-order valence-corrected chi connectivity index (χ0v) is 13.3. The zero-order chi connectivity index (χ0) is 15.7. The number of likely N-dealkylation sites (tertiary alicyclic amines) is 1. The van der Waals surface area contributed by atoms with Gasteiger partial charge in [-0.05, 0) is 39.7 Å². The van der Waals surface area contributed by atoms with Crippen molar-refractivity contribution in [1.82, 2.24) is 4.90 Å². The minimum absolute atomic E-state index is 0.148. The number of hydrogen-bond donors (Lipinski definition) is 1. The van der Waals surface area contributed by atoms with Crippen molar-refractivity contribution >= 4 is 6.09 Å². The highest BCUT2D eigenvalue weighted by Crippen LogP contribution is 2.37. The van der Waals surface area contributed by atoms with Crippen molar-refractivity contribution in [1.29, 1.82) is 0 Å². The maximum absolute atomic E-state index is 12.4. The minimum atomic E-state index is -0.751. The molecule has 2 rings (SSSR count). The quantitative estimate of drug-likeness (QED) is 0.861. The maximum atomic E-state index is 12.4. The average Bonchev–Trinajstić information content (AvgIpc) is 2.36. The van der Waals surface area contributed by atoms with Crippen LogP contribution in [-0.2, 0) is 4.74 Å². The molecule has 0 radical (unpaired) electrons. The normalized spacial score (nSPS) is 26.5. The van der Waals surface area contributed by atoms with Crippen LogP contribution in [-0.4, -0.2) is 33.8 Å². The fourth-order valence-corrected chi connectivity index (χ4v) is 2.66. The van der Waals surface area contributed by atoms with E-state index in [0.717, 1.165) is 5.56 Å². The van der Waals surface area contributed by atoms with E-state index in [-0.39, 0.29) is 12.1 Å². The van der Waals surface area contributed by atoms with Gasteiger partial charge < -0.3 is 14.7 Å². The van der Waals surface area contributed by atoms with Crippen LogP contribution < -0.4 is 0 Å². The Balaban J connectivity index is 2.24. The van der Waals surface area contributed by atoms with Crippen molar-refractivity contribution in [3.63, 3.8) is 0 Å².